The number of allylic oxidation sites excluding steroid dienone is 8. The maximum atomic E-state index is 13.5. The Kier molecular flexibility index (Phi) is 13.1. The second kappa shape index (κ2) is 17.7. The van der Waals surface area contributed by atoms with Gasteiger partial charge in [0.15, 0.2) is 19.7 Å². The Morgan fingerprint density at radius 3 is 1.19 bits per heavy atom. The van der Waals surface area contributed by atoms with E-state index in [2.05, 4.69) is 22.8 Å². The van der Waals surface area contributed by atoms with Gasteiger partial charge in [0.05, 0.1) is 31.4 Å². The predicted octanol–water partition coefficient (Wildman–Crippen LogP) is 5.24. The molecule has 0 aliphatic heterocycles. The first kappa shape index (κ1) is 38.6. The summed E-state index contributed by atoms with van der Waals surface area (Å²) >= 11 is 0. The molecule has 0 aromatic heterocycles. The standard InChI is InChI=1S/C38H34N8O4S2/c39-21-27(22-40)33-17-31(51(47,48)29-11-5-3-6-12-29)19-37(35(33)25-43)45-15-9-1-2-10-16-46-38-20-32(52(49,50)30-13-7-4-8-14-30)18-34(36(38)26-44)28(23-41)24-42/h3-8,11-14,31-32,45-46H,1-2,9-10,15-20H2. The average Bonchev–Trinajstić information content (AvgIpc) is 3.17. The molecule has 2 aromatic carbocycles. The Labute approximate surface area is 304 Å². The van der Waals surface area contributed by atoms with Gasteiger partial charge in [-0.25, -0.2) is 16.8 Å². The molecule has 0 saturated heterocycles. The first-order valence-electron chi connectivity index (χ1n) is 16.5. The zero-order valence-corrected chi connectivity index (χ0v) is 29.8. The third-order valence-corrected chi connectivity index (χ3v) is 13.3. The van der Waals surface area contributed by atoms with Crippen LogP contribution < -0.4 is 10.6 Å². The third kappa shape index (κ3) is 8.58. The van der Waals surface area contributed by atoms with Gasteiger partial charge in [-0.3, -0.25) is 0 Å². The molecule has 12 nitrogen and oxygen atoms in total. The minimum Gasteiger partial charge on any atom is -0.387 e. The normalized spacial score (nSPS) is 17.3. The second-order valence-corrected chi connectivity index (χ2v) is 16.6. The van der Waals surface area contributed by atoms with Crippen LogP contribution in [0.15, 0.2) is 115 Å². The number of nitrogens with zero attached hydrogens (tertiary/aromatic N) is 6. The van der Waals surface area contributed by atoms with Crippen LogP contribution in [0.1, 0.15) is 51.4 Å². The van der Waals surface area contributed by atoms with Crippen LogP contribution in [-0.2, 0) is 19.7 Å². The minimum atomic E-state index is -3.84. The molecule has 14 heteroatoms. The highest BCUT2D eigenvalue weighted by atomic mass is 32.2. The Hall–Kier alpha value is -6.16. The molecule has 2 aliphatic carbocycles. The van der Waals surface area contributed by atoms with Crippen LogP contribution in [0.5, 0.6) is 0 Å². The van der Waals surface area contributed by atoms with Crippen LogP contribution in [0.2, 0.25) is 0 Å². The molecule has 2 aromatic rings. The van der Waals surface area contributed by atoms with E-state index in [9.17, 15) is 48.4 Å². The topological polar surface area (TPSA) is 235 Å². The van der Waals surface area contributed by atoms with Crippen LogP contribution in [0.4, 0.5) is 0 Å². The molecule has 0 amide bonds. The van der Waals surface area contributed by atoms with E-state index < -0.39 is 30.2 Å². The number of hydrogen-bond acceptors (Lipinski definition) is 12. The molecule has 262 valence electrons. The lowest BCUT2D eigenvalue weighted by atomic mass is 9.88. The molecular formula is C38H34N8O4S2. The fourth-order valence-electron chi connectivity index (χ4n) is 6.32. The number of sulfone groups is 2. The highest BCUT2D eigenvalue weighted by Gasteiger charge is 2.37. The monoisotopic (exact) mass is 730 g/mol. The highest BCUT2D eigenvalue weighted by molar-refractivity contribution is 7.92. The molecule has 0 heterocycles. The zero-order valence-electron chi connectivity index (χ0n) is 28.1. The molecule has 0 spiro atoms. The van der Waals surface area contributed by atoms with Gasteiger partial charge < -0.3 is 10.6 Å². The summed E-state index contributed by atoms with van der Waals surface area (Å²) in [7, 11) is -7.69. The van der Waals surface area contributed by atoms with Crippen molar-refractivity contribution in [2.45, 2.75) is 71.7 Å². The van der Waals surface area contributed by atoms with Gasteiger partial charge in [-0.2, -0.15) is 31.6 Å². The van der Waals surface area contributed by atoms with Gasteiger partial charge in [-0.15, -0.1) is 0 Å². The van der Waals surface area contributed by atoms with E-state index in [1.165, 1.54) is 24.3 Å². The number of benzene rings is 2. The number of unbranched alkanes of at least 4 members (excludes halogenated alkanes) is 3. The van der Waals surface area contributed by atoms with Gasteiger partial charge in [0.2, 0.25) is 0 Å². The maximum absolute atomic E-state index is 13.5. The van der Waals surface area contributed by atoms with Gasteiger partial charge in [0.25, 0.3) is 0 Å². The van der Waals surface area contributed by atoms with Crippen molar-refractivity contribution in [1.82, 2.24) is 10.6 Å². The van der Waals surface area contributed by atoms with E-state index in [1.54, 1.807) is 60.7 Å². The fraction of sp³-hybridized carbons (Fsp3) is 0.316. The lowest BCUT2D eigenvalue weighted by molar-refractivity contribution is 0.553. The zero-order chi connectivity index (χ0) is 37.7. The highest BCUT2D eigenvalue weighted by Crippen LogP contribution is 2.37. The number of rotatable bonds is 13. The van der Waals surface area contributed by atoms with Crippen molar-refractivity contribution in [3.05, 3.63) is 105 Å². The van der Waals surface area contributed by atoms with Crippen LogP contribution >= 0.6 is 0 Å². The Morgan fingerprint density at radius 1 is 0.538 bits per heavy atom. The molecule has 2 N–H and O–H groups in total. The number of hydrogen-bond donors (Lipinski definition) is 2. The van der Waals surface area contributed by atoms with E-state index in [-0.39, 0.29) is 68.9 Å². The Morgan fingerprint density at radius 2 is 0.885 bits per heavy atom. The van der Waals surface area contributed by atoms with Crippen molar-refractivity contribution in [2.24, 2.45) is 0 Å². The van der Waals surface area contributed by atoms with Gasteiger partial charge in [0, 0.05) is 48.5 Å². The van der Waals surface area contributed by atoms with Crippen LogP contribution in [0, 0.1) is 68.0 Å². The van der Waals surface area contributed by atoms with E-state index in [0.29, 0.717) is 37.3 Å². The van der Waals surface area contributed by atoms with Crippen molar-refractivity contribution in [3.63, 3.8) is 0 Å². The molecule has 0 radical (unpaired) electrons. The fourth-order valence-corrected chi connectivity index (χ4v) is 9.71. The van der Waals surface area contributed by atoms with Gasteiger partial charge in [-0.05, 0) is 49.9 Å². The molecular weight excluding hydrogens is 697 g/mol. The SMILES string of the molecule is N#CC(C#N)=C1CC(S(=O)(=O)c2ccccc2)CC(NCCCCCCNC2=C(C#N)C(=C(C#N)C#N)CC(S(=O)(=O)c3ccccc3)C2)=C1C#N. The Balaban J connectivity index is 1.40. The second-order valence-electron chi connectivity index (χ2n) is 12.1. The van der Waals surface area contributed by atoms with Crippen molar-refractivity contribution >= 4 is 19.7 Å². The molecule has 2 atom stereocenters. The van der Waals surface area contributed by atoms with E-state index in [1.807, 2.05) is 0 Å². The van der Waals surface area contributed by atoms with E-state index in [4.69, 9.17) is 0 Å². The van der Waals surface area contributed by atoms with Gasteiger partial charge >= 0.3 is 0 Å². The summed E-state index contributed by atoms with van der Waals surface area (Å²) in [5.41, 5.74) is 0.561. The predicted molar refractivity (Wildman–Crippen MR) is 190 cm³/mol. The summed E-state index contributed by atoms with van der Waals surface area (Å²) in [6.07, 6.45) is 2.51. The van der Waals surface area contributed by atoms with Crippen molar-refractivity contribution in [3.8, 4) is 36.4 Å². The van der Waals surface area contributed by atoms with Crippen molar-refractivity contribution < 1.29 is 16.8 Å². The van der Waals surface area contributed by atoms with Gasteiger partial charge in [-0.1, -0.05) is 49.2 Å². The first-order valence-corrected chi connectivity index (χ1v) is 19.6. The first-order chi connectivity index (χ1) is 25.1. The molecule has 2 aliphatic rings. The minimum absolute atomic E-state index is 0.0186. The molecule has 52 heavy (non-hydrogen) atoms. The van der Waals surface area contributed by atoms with Crippen molar-refractivity contribution in [1.29, 1.82) is 31.6 Å². The summed E-state index contributed by atoms with van der Waals surface area (Å²) < 4.78 is 54.0. The third-order valence-electron chi connectivity index (χ3n) is 9.01. The van der Waals surface area contributed by atoms with Crippen LogP contribution in [0.3, 0.4) is 0 Å². The number of nitriles is 6. The quantitative estimate of drug-likeness (QED) is 0.199. The summed E-state index contributed by atoms with van der Waals surface area (Å²) in [4.78, 5) is 0.232. The molecule has 4 rings (SSSR count). The summed E-state index contributed by atoms with van der Waals surface area (Å²) in [5.74, 6) is 0. The lowest BCUT2D eigenvalue weighted by Gasteiger charge is -2.28. The number of nitrogens with one attached hydrogen (secondary N) is 2. The summed E-state index contributed by atoms with van der Waals surface area (Å²) in [5, 5.41) is 62.6. The average molecular weight is 731 g/mol. The molecule has 0 fully saturated rings. The van der Waals surface area contributed by atoms with E-state index >= 15 is 0 Å². The summed E-state index contributed by atoms with van der Waals surface area (Å²) in [6.45, 7) is 0.797. The molecule has 0 bridgehead atoms. The van der Waals surface area contributed by atoms with E-state index in [0.717, 1.165) is 12.8 Å². The summed E-state index contributed by atoms with van der Waals surface area (Å²) in [6, 6.07) is 27.1. The van der Waals surface area contributed by atoms with Crippen molar-refractivity contribution in [2.75, 3.05) is 13.1 Å². The van der Waals surface area contributed by atoms with Gasteiger partial charge in [0.1, 0.15) is 47.6 Å². The van der Waals surface area contributed by atoms with Crippen LogP contribution in [-0.4, -0.2) is 40.4 Å². The largest absolute Gasteiger partial charge is 0.387 e. The maximum Gasteiger partial charge on any atom is 0.181 e. The lowest BCUT2D eigenvalue weighted by Crippen LogP contribution is -2.32. The Bertz CT molecular complexity index is 2110. The molecule has 0 saturated carbocycles. The van der Waals surface area contributed by atoms with Crippen LogP contribution in [0.25, 0.3) is 0 Å². The smallest absolute Gasteiger partial charge is 0.181 e. The molecule has 2 unspecified atom stereocenters.